The molecule has 0 aromatic heterocycles. The highest BCUT2D eigenvalue weighted by atomic mass is 16.6. The van der Waals surface area contributed by atoms with Crippen molar-refractivity contribution in [2.75, 3.05) is 20.1 Å². The van der Waals surface area contributed by atoms with E-state index in [9.17, 15) is 14.4 Å². The van der Waals surface area contributed by atoms with Crippen molar-refractivity contribution in [3.8, 4) is 11.5 Å². The van der Waals surface area contributed by atoms with E-state index in [0.29, 0.717) is 30.4 Å². The molecule has 1 saturated heterocycles. The largest absolute Gasteiger partial charge is 0.483 e. The Hall–Kier alpha value is -2.41. The summed E-state index contributed by atoms with van der Waals surface area (Å²) in [6, 6.07) is 4.22. The number of benzene rings is 1. The van der Waals surface area contributed by atoms with Gasteiger partial charge < -0.3 is 14.4 Å². The van der Waals surface area contributed by atoms with Gasteiger partial charge in [0.2, 0.25) is 5.91 Å². The highest BCUT2D eigenvalue weighted by Gasteiger charge is 2.66. The van der Waals surface area contributed by atoms with Gasteiger partial charge in [-0.3, -0.25) is 19.3 Å². The summed E-state index contributed by atoms with van der Waals surface area (Å²) in [5.74, 6) is 2.47. The Kier molecular flexibility index (Phi) is 7.71. The normalized spacial score (nSPS) is 30.8. The van der Waals surface area contributed by atoms with E-state index in [1.165, 1.54) is 56.6 Å². The average Bonchev–Trinajstić information content (AvgIpc) is 3.28. The predicted octanol–water partition coefficient (Wildman–Crippen LogP) is 5.21. The number of piperidine rings is 1. The van der Waals surface area contributed by atoms with Crippen molar-refractivity contribution in [1.82, 2.24) is 9.80 Å². The van der Waals surface area contributed by atoms with Crippen molar-refractivity contribution in [1.29, 1.82) is 0 Å². The molecule has 2 saturated carbocycles. The van der Waals surface area contributed by atoms with Crippen LogP contribution in [-0.4, -0.2) is 65.8 Å². The summed E-state index contributed by atoms with van der Waals surface area (Å²) in [6.45, 7) is 4.43. The van der Waals surface area contributed by atoms with Crippen molar-refractivity contribution in [3.05, 3.63) is 23.3 Å². The number of likely N-dealkylation sites (N-methyl/N-ethyl adjacent to an activating group) is 1. The number of nitrogens with zero attached hydrogens (tertiary/aromatic N) is 2. The van der Waals surface area contributed by atoms with E-state index in [4.69, 9.17) is 9.47 Å². The maximum Gasteiger partial charge on any atom is 0.308 e. The number of carbonyl (C=O) groups is 3. The topological polar surface area (TPSA) is 76.2 Å². The fraction of sp³-hybridized carbons (Fsp3) is 0.727. The number of ether oxygens (including phenoxy) is 2. The zero-order valence-corrected chi connectivity index (χ0v) is 24.6. The van der Waals surface area contributed by atoms with Crippen molar-refractivity contribution >= 4 is 17.7 Å². The van der Waals surface area contributed by atoms with E-state index < -0.39 is 0 Å². The lowest BCUT2D eigenvalue weighted by atomic mass is 9.51. The van der Waals surface area contributed by atoms with Gasteiger partial charge in [0.1, 0.15) is 11.9 Å². The summed E-state index contributed by atoms with van der Waals surface area (Å²) in [5.41, 5.74) is 2.22. The summed E-state index contributed by atoms with van der Waals surface area (Å²) in [6.07, 6.45) is 14.3. The molecule has 2 heterocycles. The number of esters is 1. The lowest BCUT2D eigenvalue weighted by molar-refractivity contribution is -0.141. The summed E-state index contributed by atoms with van der Waals surface area (Å²) in [7, 11) is 1.97. The molecule has 2 aliphatic heterocycles. The van der Waals surface area contributed by atoms with E-state index in [2.05, 4.69) is 11.0 Å². The van der Waals surface area contributed by atoms with Crippen LogP contribution in [0.2, 0.25) is 0 Å². The summed E-state index contributed by atoms with van der Waals surface area (Å²) < 4.78 is 12.5. The number of carbonyl (C=O) groups excluding carboxylic acids is 3. The van der Waals surface area contributed by atoms with Crippen LogP contribution in [0.1, 0.15) is 102 Å². The van der Waals surface area contributed by atoms with Crippen LogP contribution in [0.15, 0.2) is 12.1 Å². The first-order chi connectivity index (χ1) is 19.3. The molecule has 7 nitrogen and oxygen atoms in total. The molecule has 5 aliphatic rings. The number of ketones is 1. The third-order valence-corrected chi connectivity index (χ3v) is 10.9. The van der Waals surface area contributed by atoms with Gasteiger partial charge in [-0.1, -0.05) is 51.0 Å². The van der Waals surface area contributed by atoms with Crippen LogP contribution in [0.5, 0.6) is 11.5 Å². The van der Waals surface area contributed by atoms with E-state index in [-0.39, 0.29) is 41.3 Å². The number of unbranched alkanes of at least 4 members (excludes halogenated alkanes) is 1. The van der Waals surface area contributed by atoms with Crippen LogP contribution in [-0.2, 0) is 26.2 Å². The second-order valence-corrected chi connectivity index (χ2v) is 13.3. The lowest BCUT2D eigenvalue weighted by Crippen LogP contribution is -2.69. The molecule has 1 amide bonds. The SMILES string of the molecule is CC(=O)CN1CC[C@]23c4c5ccc(OC(C)=O)c4O[C@H]2[C@H](N(C)C(=O)CCCCC2CCCCC2)CC[C@H]3[C@H]1C5. The minimum atomic E-state index is -0.356. The standard InChI is InChI=1S/C33H46N2O5/c1-21(36)20-35-18-17-33-25-14-15-26(34(3)29(38)12-8-7-11-23-9-5-4-6-10-23)32(33)40-31-28(39-22(2)37)16-13-24(30(31)33)19-27(25)35/h13,16,23,25-27,32H,4-12,14-15,17-20H2,1-3H3/t25-,26+,27+,32-,33-/m0/s1. The van der Waals surface area contributed by atoms with Crippen LogP contribution < -0.4 is 9.47 Å². The molecular weight excluding hydrogens is 504 g/mol. The van der Waals surface area contributed by atoms with Crippen LogP contribution in [0.3, 0.4) is 0 Å². The van der Waals surface area contributed by atoms with E-state index in [1.54, 1.807) is 6.92 Å². The molecule has 1 aromatic carbocycles. The molecule has 7 heteroatoms. The second-order valence-electron chi connectivity index (χ2n) is 13.3. The minimum Gasteiger partial charge on any atom is -0.483 e. The number of likely N-dealkylation sites (tertiary alicyclic amines) is 1. The Morgan fingerprint density at radius 1 is 1.07 bits per heavy atom. The lowest BCUT2D eigenvalue weighted by Gasteiger charge is -2.60. The number of rotatable bonds is 9. The minimum absolute atomic E-state index is 0.0226. The van der Waals surface area contributed by atoms with Gasteiger partial charge in [0.05, 0.1) is 12.6 Å². The smallest absolute Gasteiger partial charge is 0.308 e. The Bertz CT molecular complexity index is 1160. The second kappa shape index (κ2) is 11.1. The molecule has 218 valence electrons. The molecule has 3 fully saturated rings. The summed E-state index contributed by atoms with van der Waals surface area (Å²) in [5, 5.41) is 0. The first-order valence-electron chi connectivity index (χ1n) is 15.8. The van der Waals surface area contributed by atoms with E-state index in [1.807, 2.05) is 18.0 Å². The first kappa shape index (κ1) is 27.7. The zero-order valence-electron chi connectivity index (χ0n) is 24.6. The zero-order chi connectivity index (χ0) is 28.0. The molecule has 0 N–H and O–H groups in total. The van der Waals surface area contributed by atoms with Gasteiger partial charge in [0.15, 0.2) is 11.5 Å². The molecular formula is C33H46N2O5. The number of Topliss-reactive ketones (excluding diaryl/α,β-unsaturated/α-hetero) is 1. The quantitative estimate of drug-likeness (QED) is 0.239. The third kappa shape index (κ3) is 4.76. The maximum atomic E-state index is 13.5. The van der Waals surface area contributed by atoms with Gasteiger partial charge in [0.25, 0.3) is 0 Å². The molecule has 0 radical (unpaired) electrons. The van der Waals surface area contributed by atoms with Crippen LogP contribution in [0, 0.1) is 11.8 Å². The van der Waals surface area contributed by atoms with E-state index >= 15 is 0 Å². The summed E-state index contributed by atoms with van der Waals surface area (Å²) in [4.78, 5) is 42.0. The number of hydrogen-bond donors (Lipinski definition) is 0. The molecule has 6 rings (SSSR count). The van der Waals surface area contributed by atoms with Gasteiger partial charge in [-0.05, 0) is 69.0 Å². The molecule has 3 aliphatic carbocycles. The van der Waals surface area contributed by atoms with Gasteiger partial charge in [-0.2, -0.15) is 0 Å². The van der Waals surface area contributed by atoms with Gasteiger partial charge in [-0.15, -0.1) is 0 Å². The summed E-state index contributed by atoms with van der Waals surface area (Å²) >= 11 is 0. The third-order valence-electron chi connectivity index (χ3n) is 10.9. The maximum absolute atomic E-state index is 13.5. The van der Waals surface area contributed by atoms with Gasteiger partial charge >= 0.3 is 5.97 Å². The van der Waals surface area contributed by atoms with Gasteiger partial charge in [-0.25, -0.2) is 0 Å². The highest BCUT2D eigenvalue weighted by molar-refractivity contribution is 5.78. The monoisotopic (exact) mass is 550 g/mol. The molecule has 1 aromatic rings. The van der Waals surface area contributed by atoms with E-state index in [0.717, 1.165) is 51.0 Å². The average molecular weight is 551 g/mol. The van der Waals surface area contributed by atoms with Crippen LogP contribution in [0.4, 0.5) is 0 Å². The van der Waals surface area contributed by atoms with Crippen molar-refractivity contribution < 1.29 is 23.9 Å². The number of amides is 1. The highest BCUT2D eigenvalue weighted by Crippen LogP contribution is 2.64. The molecule has 2 bridgehead atoms. The Morgan fingerprint density at radius 3 is 2.62 bits per heavy atom. The number of hydrogen-bond acceptors (Lipinski definition) is 6. The van der Waals surface area contributed by atoms with Crippen LogP contribution >= 0.6 is 0 Å². The van der Waals surface area contributed by atoms with Crippen molar-refractivity contribution in [2.45, 2.75) is 121 Å². The first-order valence-corrected chi connectivity index (χ1v) is 15.8. The van der Waals surface area contributed by atoms with Crippen molar-refractivity contribution in [3.63, 3.8) is 0 Å². The molecule has 1 spiro atoms. The fourth-order valence-electron chi connectivity index (χ4n) is 9.25. The predicted molar refractivity (Wildman–Crippen MR) is 153 cm³/mol. The molecule has 0 unspecified atom stereocenters. The molecule has 40 heavy (non-hydrogen) atoms. The van der Waals surface area contributed by atoms with Crippen LogP contribution in [0.25, 0.3) is 0 Å². The van der Waals surface area contributed by atoms with Gasteiger partial charge in [0, 0.05) is 37.4 Å². The Balaban J connectivity index is 1.24. The van der Waals surface area contributed by atoms with Crippen molar-refractivity contribution in [2.24, 2.45) is 11.8 Å². The fourth-order valence-corrected chi connectivity index (χ4v) is 9.25. The Labute approximate surface area is 238 Å². The molecule has 5 atom stereocenters. The Morgan fingerprint density at radius 2 is 1.88 bits per heavy atom.